The van der Waals surface area contributed by atoms with Crippen LogP contribution in [0.4, 0.5) is 0 Å². The van der Waals surface area contributed by atoms with Crippen LogP contribution in [0.5, 0.6) is 0 Å². The van der Waals surface area contributed by atoms with Gasteiger partial charge < -0.3 is 11.1 Å². The number of nitrogens with one attached hydrogen (secondary N) is 1. The normalized spacial score (nSPS) is 29.8. The number of rotatable bonds is 3. The zero-order valence-electron chi connectivity index (χ0n) is 11.0. The molecule has 0 amide bonds. The van der Waals surface area contributed by atoms with Crippen molar-refractivity contribution in [2.24, 2.45) is 11.1 Å². The van der Waals surface area contributed by atoms with Crippen LogP contribution in [-0.2, 0) is 0 Å². The molecule has 0 aromatic rings. The maximum absolute atomic E-state index is 6.08. The number of nitrogens with two attached hydrogens (primary N) is 1. The van der Waals surface area contributed by atoms with E-state index in [1.165, 1.54) is 51.4 Å². The van der Waals surface area contributed by atoms with Gasteiger partial charge in [0.2, 0.25) is 0 Å². The van der Waals surface area contributed by atoms with E-state index >= 15 is 0 Å². The predicted molar refractivity (Wildman–Crippen MR) is 69.4 cm³/mol. The first-order chi connectivity index (χ1) is 7.52. The lowest BCUT2D eigenvalue weighted by Gasteiger charge is -2.43. The summed E-state index contributed by atoms with van der Waals surface area (Å²) >= 11 is 0. The van der Waals surface area contributed by atoms with E-state index < -0.39 is 0 Å². The third kappa shape index (κ3) is 2.78. The third-order valence-corrected chi connectivity index (χ3v) is 4.56. The second-order valence-electron chi connectivity index (χ2n) is 6.74. The molecule has 2 aliphatic rings. The molecule has 0 bridgehead atoms. The minimum absolute atomic E-state index is 0.0722. The molecule has 0 aromatic heterocycles. The van der Waals surface area contributed by atoms with E-state index in [0.29, 0.717) is 5.41 Å². The second kappa shape index (κ2) is 4.66. The molecule has 2 saturated carbocycles. The maximum atomic E-state index is 6.08. The van der Waals surface area contributed by atoms with Gasteiger partial charge >= 0.3 is 0 Å². The number of hydrogen-bond acceptors (Lipinski definition) is 2. The number of hydrogen-bond donors (Lipinski definition) is 2. The van der Waals surface area contributed by atoms with Crippen LogP contribution in [0.2, 0.25) is 0 Å². The lowest BCUT2D eigenvalue weighted by molar-refractivity contribution is 0.126. The Kier molecular flexibility index (Phi) is 3.60. The Morgan fingerprint density at radius 2 is 1.69 bits per heavy atom. The highest BCUT2D eigenvalue weighted by atomic mass is 15.0. The van der Waals surface area contributed by atoms with Crippen molar-refractivity contribution in [2.45, 2.75) is 76.8 Å². The lowest BCUT2D eigenvalue weighted by Crippen LogP contribution is -2.52. The molecular formula is C14H28N2. The Bertz CT molecular complexity index is 223. The van der Waals surface area contributed by atoms with Gasteiger partial charge in [-0.1, -0.05) is 25.7 Å². The highest BCUT2D eigenvalue weighted by molar-refractivity contribution is 4.98. The monoisotopic (exact) mass is 224 g/mol. The topological polar surface area (TPSA) is 38.0 Å². The van der Waals surface area contributed by atoms with E-state index in [0.717, 1.165) is 12.6 Å². The zero-order valence-corrected chi connectivity index (χ0v) is 11.0. The van der Waals surface area contributed by atoms with Crippen molar-refractivity contribution >= 4 is 0 Å². The molecule has 0 saturated heterocycles. The van der Waals surface area contributed by atoms with Gasteiger partial charge in [0.25, 0.3) is 0 Å². The van der Waals surface area contributed by atoms with Crippen LogP contribution in [-0.4, -0.2) is 18.1 Å². The van der Waals surface area contributed by atoms with E-state index in [-0.39, 0.29) is 5.54 Å². The summed E-state index contributed by atoms with van der Waals surface area (Å²) in [6.07, 6.45) is 11.5. The van der Waals surface area contributed by atoms with Crippen molar-refractivity contribution in [3.05, 3.63) is 0 Å². The molecule has 0 aromatic carbocycles. The zero-order chi connectivity index (χ0) is 11.6. The summed E-state index contributed by atoms with van der Waals surface area (Å²) in [6.45, 7) is 5.19. The first-order valence-electron chi connectivity index (χ1n) is 7.04. The Morgan fingerprint density at radius 1 is 1.12 bits per heavy atom. The van der Waals surface area contributed by atoms with Crippen LogP contribution >= 0.6 is 0 Å². The lowest BCUT2D eigenvalue weighted by atomic mass is 9.69. The molecule has 2 heteroatoms. The van der Waals surface area contributed by atoms with Crippen molar-refractivity contribution in [3.63, 3.8) is 0 Å². The van der Waals surface area contributed by atoms with Crippen LogP contribution in [0.25, 0.3) is 0 Å². The second-order valence-corrected chi connectivity index (χ2v) is 6.74. The Balaban J connectivity index is 1.94. The summed E-state index contributed by atoms with van der Waals surface area (Å²) in [6, 6.07) is 0.742. The molecule has 1 atom stereocenters. The highest BCUT2D eigenvalue weighted by Gasteiger charge is 2.42. The van der Waals surface area contributed by atoms with Gasteiger partial charge in [-0.05, 0) is 44.9 Å². The van der Waals surface area contributed by atoms with Crippen LogP contribution in [0.1, 0.15) is 65.2 Å². The maximum Gasteiger partial charge on any atom is 0.0223 e. The molecule has 2 fully saturated rings. The SMILES string of the molecule is CC(C)(N)CNC1CCCCC12CCCC2. The molecule has 0 heterocycles. The van der Waals surface area contributed by atoms with Crippen LogP contribution in [0, 0.1) is 5.41 Å². The fraction of sp³-hybridized carbons (Fsp3) is 1.00. The van der Waals surface area contributed by atoms with Gasteiger partial charge in [0.15, 0.2) is 0 Å². The fourth-order valence-corrected chi connectivity index (χ4v) is 3.69. The Morgan fingerprint density at radius 3 is 2.25 bits per heavy atom. The average Bonchev–Trinajstić information content (AvgIpc) is 2.65. The summed E-state index contributed by atoms with van der Waals surface area (Å²) in [5.41, 5.74) is 6.65. The van der Waals surface area contributed by atoms with Crippen molar-refractivity contribution in [1.82, 2.24) is 5.32 Å². The van der Waals surface area contributed by atoms with Crippen molar-refractivity contribution in [1.29, 1.82) is 0 Å². The highest BCUT2D eigenvalue weighted by Crippen LogP contribution is 2.49. The minimum atomic E-state index is -0.0722. The van der Waals surface area contributed by atoms with E-state index in [1.807, 2.05) is 0 Å². The molecule has 1 unspecified atom stereocenters. The Labute approximate surface area is 100 Å². The van der Waals surface area contributed by atoms with E-state index in [2.05, 4.69) is 19.2 Å². The Hall–Kier alpha value is -0.0800. The van der Waals surface area contributed by atoms with E-state index in [1.54, 1.807) is 0 Å². The average molecular weight is 224 g/mol. The summed E-state index contributed by atoms with van der Waals surface area (Å²) in [5, 5.41) is 3.77. The predicted octanol–water partition coefficient (Wildman–Crippen LogP) is 2.82. The molecule has 2 nitrogen and oxygen atoms in total. The van der Waals surface area contributed by atoms with Crippen molar-refractivity contribution < 1.29 is 0 Å². The van der Waals surface area contributed by atoms with Gasteiger partial charge in [-0.3, -0.25) is 0 Å². The minimum Gasteiger partial charge on any atom is -0.324 e. The van der Waals surface area contributed by atoms with Gasteiger partial charge in [0, 0.05) is 18.1 Å². The first-order valence-corrected chi connectivity index (χ1v) is 7.04. The molecule has 0 aliphatic heterocycles. The van der Waals surface area contributed by atoms with Crippen LogP contribution in [0.15, 0.2) is 0 Å². The largest absolute Gasteiger partial charge is 0.324 e. The van der Waals surface area contributed by atoms with Gasteiger partial charge in [-0.2, -0.15) is 0 Å². The standard InChI is InChI=1S/C14H28N2/c1-13(2,15)11-16-12-7-3-4-8-14(12)9-5-6-10-14/h12,16H,3-11,15H2,1-2H3. The van der Waals surface area contributed by atoms with Crippen LogP contribution < -0.4 is 11.1 Å². The summed E-state index contributed by atoms with van der Waals surface area (Å²) in [4.78, 5) is 0. The third-order valence-electron chi connectivity index (χ3n) is 4.56. The van der Waals surface area contributed by atoms with Gasteiger partial charge in [-0.25, -0.2) is 0 Å². The summed E-state index contributed by atoms with van der Waals surface area (Å²) in [5.74, 6) is 0. The van der Waals surface area contributed by atoms with Gasteiger partial charge in [-0.15, -0.1) is 0 Å². The van der Waals surface area contributed by atoms with Crippen molar-refractivity contribution in [3.8, 4) is 0 Å². The van der Waals surface area contributed by atoms with Gasteiger partial charge in [0.05, 0.1) is 0 Å². The van der Waals surface area contributed by atoms with E-state index in [4.69, 9.17) is 5.73 Å². The smallest absolute Gasteiger partial charge is 0.0223 e. The summed E-state index contributed by atoms with van der Waals surface area (Å²) in [7, 11) is 0. The fourth-order valence-electron chi connectivity index (χ4n) is 3.69. The van der Waals surface area contributed by atoms with Crippen molar-refractivity contribution in [2.75, 3.05) is 6.54 Å². The summed E-state index contributed by atoms with van der Waals surface area (Å²) < 4.78 is 0. The molecule has 2 rings (SSSR count). The molecule has 94 valence electrons. The molecule has 3 N–H and O–H groups in total. The quantitative estimate of drug-likeness (QED) is 0.773. The molecule has 16 heavy (non-hydrogen) atoms. The van der Waals surface area contributed by atoms with E-state index in [9.17, 15) is 0 Å². The first kappa shape index (κ1) is 12.4. The molecule has 2 aliphatic carbocycles. The molecule has 1 spiro atoms. The van der Waals surface area contributed by atoms with Gasteiger partial charge in [0.1, 0.15) is 0 Å². The van der Waals surface area contributed by atoms with Crippen LogP contribution in [0.3, 0.4) is 0 Å². The molecular weight excluding hydrogens is 196 g/mol. The molecule has 0 radical (unpaired) electrons.